The molecule has 30 heavy (non-hydrogen) atoms. The van der Waals surface area contributed by atoms with Crippen LogP contribution in [-0.2, 0) is 22.5 Å². The first kappa shape index (κ1) is 23.5. The van der Waals surface area contributed by atoms with Crippen LogP contribution < -0.4 is 5.46 Å². The van der Waals surface area contributed by atoms with Gasteiger partial charge in [-0.25, -0.2) is 4.98 Å². The number of aromatic nitrogens is 2. The molecule has 0 fully saturated rings. The Labute approximate surface area is 181 Å². The van der Waals surface area contributed by atoms with Gasteiger partial charge in [-0.05, 0) is 31.7 Å². The number of carbonyl (C=O) groups excluding carboxylic acids is 1. The van der Waals surface area contributed by atoms with Gasteiger partial charge in [-0.1, -0.05) is 78.9 Å². The number of aryl methyl sites for hydroxylation is 3. The zero-order valence-corrected chi connectivity index (χ0v) is 18.2. The standard InChI is InChI=1S/C15H16B.C10H16N2O2/c1-13-7-9-14(10-8-13)11-12-16-15-5-3-2-4-6-15;1-2-8-14-10(13)4-3-6-12-7-5-11-9-12/h2-10H,11-12H2,1H3;5,7,9H,2-4,6,8H2,1H3. The summed E-state index contributed by atoms with van der Waals surface area (Å²) in [5, 5.41) is 0. The Kier molecular flexibility index (Phi) is 11.1. The molecule has 0 unspecified atom stereocenters. The van der Waals surface area contributed by atoms with Gasteiger partial charge in [0.05, 0.1) is 12.9 Å². The van der Waals surface area contributed by atoms with E-state index in [1.165, 1.54) is 16.6 Å². The van der Waals surface area contributed by atoms with Crippen molar-refractivity contribution >= 4 is 18.7 Å². The predicted octanol–water partition coefficient (Wildman–Crippen LogP) is 4.60. The lowest BCUT2D eigenvalue weighted by atomic mass is 9.66. The summed E-state index contributed by atoms with van der Waals surface area (Å²) in [6.45, 7) is 5.46. The average molecular weight is 403 g/mol. The smallest absolute Gasteiger partial charge is 0.305 e. The van der Waals surface area contributed by atoms with Crippen LogP contribution in [0.3, 0.4) is 0 Å². The van der Waals surface area contributed by atoms with Gasteiger partial charge in [-0.3, -0.25) is 4.79 Å². The summed E-state index contributed by atoms with van der Waals surface area (Å²) in [4.78, 5) is 15.0. The maximum absolute atomic E-state index is 11.1. The van der Waals surface area contributed by atoms with E-state index >= 15 is 0 Å². The lowest BCUT2D eigenvalue weighted by Gasteiger charge is -2.03. The second kappa shape index (κ2) is 14.2. The molecule has 1 heterocycles. The zero-order valence-electron chi connectivity index (χ0n) is 18.2. The highest BCUT2D eigenvalue weighted by Crippen LogP contribution is 2.05. The SMILES string of the molecule is CCCOC(=O)CCCn1ccnc1.Cc1ccc(CC[B]c2ccccc2)cc1. The summed E-state index contributed by atoms with van der Waals surface area (Å²) in [6.07, 6.45) is 9.76. The summed E-state index contributed by atoms with van der Waals surface area (Å²) in [5.41, 5.74) is 4.06. The summed E-state index contributed by atoms with van der Waals surface area (Å²) >= 11 is 0. The van der Waals surface area contributed by atoms with Crippen molar-refractivity contribution in [2.45, 2.75) is 52.4 Å². The number of esters is 1. The van der Waals surface area contributed by atoms with E-state index in [0.29, 0.717) is 13.0 Å². The van der Waals surface area contributed by atoms with Gasteiger partial charge in [0.15, 0.2) is 7.28 Å². The van der Waals surface area contributed by atoms with Crippen molar-refractivity contribution in [3.8, 4) is 0 Å². The first-order valence-corrected chi connectivity index (χ1v) is 10.7. The maximum Gasteiger partial charge on any atom is 0.305 e. The molecule has 0 aliphatic rings. The predicted molar refractivity (Wildman–Crippen MR) is 124 cm³/mol. The number of hydrogen-bond acceptors (Lipinski definition) is 3. The molecular formula is C25H32BN2O2. The maximum atomic E-state index is 11.1. The van der Waals surface area contributed by atoms with Crippen LogP contribution in [0.25, 0.3) is 0 Å². The molecule has 0 spiro atoms. The van der Waals surface area contributed by atoms with E-state index in [4.69, 9.17) is 4.74 Å². The van der Waals surface area contributed by atoms with E-state index in [9.17, 15) is 4.79 Å². The van der Waals surface area contributed by atoms with Gasteiger partial charge in [0.25, 0.3) is 0 Å². The van der Waals surface area contributed by atoms with Gasteiger partial charge in [-0.15, -0.1) is 0 Å². The fourth-order valence-corrected chi connectivity index (χ4v) is 2.86. The molecule has 3 aromatic rings. The molecule has 0 N–H and O–H groups in total. The molecule has 0 saturated carbocycles. The van der Waals surface area contributed by atoms with Crippen molar-refractivity contribution in [1.82, 2.24) is 9.55 Å². The van der Waals surface area contributed by atoms with Gasteiger partial charge < -0.3 is 9.30 Å². The van der Waals surface area contributed by atoms with Gasteiger partial charge in [0, 0.05) is 25.4 Å². The third kappa shape index (κ3) is 10.1. The minimum Gasteiger partial charge on any atom is -0.466 e. The monoisotopic (exact) mass is 403 g/mol. The van der Waals surface area contributed by atoms with Crippen molar-refractivity contribution in [3.63, 3.8) is 0 Å². The fraction of sp³-hybridized carbons (Fsp3) is 0.360. The van der Waals surface area contributed by atoms with Crippen molar-refractivity contribution in [2.75, 3.05) is 6.61 Å². The van der Waals surface area contributed by atoms with Crippen LogP contribution in [0.2, 0.25) is 6.32 Å². The quantitative estimate of drug-likeness (QED) is 0.367. The molecule has 0 aliphatic heterocycles. The molecule has 0 saturated heterocycles. The molecule has 157 valence electrons. The van der Waals surface area contributed by atoms with E-state index < -0.39 is 0 Å². The minimum atomic E-state index is -0.105. The molecule has 4 nitrogen and oxygen atoms in total. The molecule has 1 aromatic heterocycles. The second-order valence-corrected chi connectivity index (χ2v) is 7.26. The number of imidazole rings is 1. The molecule has 5 heteroatoms. The molecular weight excluding hydrogens is 371 g/mol. The van der Waals surface area contributed by atoms with Crippen LogP contribution in [-0.4, -0.2) is 29.4 Å². The Balaban J connectivity index is 0.000000216. The Morgan fingerprint density at radius 3 is 2.53 bits per heavy atom. The topological polar surface area (TPSA) is 44.1 Å². The number of carbonyl (C=O) groups is 1. The fourth-order valence-electron chi connectivity index (χ4n) is 2.86. The first-order valence-electron chi connectivity index (χ1n) is 10.7. The molecule has 0 aliphatic carbocycles. The zero-order chi connectivity index (χ0) is 21.4. The van der Waals surface area contributed by atoms with Crippen LogP contribution in [0.4, 0.5) is 0 Å². The molecule has 0 bridgehead atoms. The lowest BCUT2D eigenvalue weighted by Crippen LogP contribution is -2.13. The van der Waals surface area contributed by atoms with Gasteiger partial charge in [-0.2, -0.15) is 0 Å². The van der Waals surface area contributed by atoms with E-state index in [0.717, 1.165) is 32.1 Å². The highest BCUT2D eigenvalue weighted by molar-refractivity contribution is 6.53. The molecule has 0 atom stereocenters. The van der Waals surface area contributed by atoms with Crippen LogP contribution in [0.15, 0.2) is 73.3 Å². The van der Waals surface area contributed by atoms with Crippen molar-refractivity contribution in [2.24, 2.45) is 0 Å². The van der Waals surface area contributed by atoms with Crippen molar-refractivity contribution in [1.29, 1.82) is 0 Å². The number of rotatable bonds is 10. The average Bonchev–Trinajstić information content (AvgIpc) is 3.28. The summed E-state index contributed by atoms with van der Waals surface area (Å²) in [6, 6.07) is 19.3. The van der Waals surface area contributed by atoms with Crippen LogP contribution >= 0.6 is 0 Å². The third-order valence-corrected chi connectivity index (χ3v) is 4.56. The number of nitrogens with zero attached hydrogens (tertiary/aromatic N) is 2. The normalized spacial score (nSPS) is 10.1. The number of benzene rings is 2. The third-order valence-electron chi connectivity index (χ3n) is 4.56. The van der Waals surface area contributed by atoms with E-state index in [1.807, 2.05) is 17.7 Å². The Morgan fingerprint density at radius 1 is 1.10 bits per heavy atom. The van der Waals surface area contributed by atoms with Gasteiger partial charge >= 0.3 is 5.97 Å². The summed E-state index contributed by atoms with van der Waals surface area (Å²) in [5.74, 6) is -0.105. The van der Waals surface area contributed by atoms with E-state index in [2.05, 4.69) is 73.8 Å². The van der Waals surface area contributed by atoms with E-state index in [1.54, 1.807) is 12.5 Å². The lowest BCUT2D eigenvalue weighted by molar-refractivity contribution is -0.143. The number of hydrogen-bond donors (Lipinski definition) is 0. The van der Waals surface area contributed by atoms with Gasteiger partial charge in [0.1, 0.15) is 0 Å². The van der Waals surface area contributed by atoms with Crippen molar-refractivity contribution < 1.29 is 9.53 Å². The van der Waals surface area contributed by atoms with Crippen molar-refractivity contribution in [3.05, 3.63) is 84.4 Å². The Hall–Kier alpha value is -2.82. The van der Waals surface area contributed by atoms with E-state index in [-0.39, 0.29) is 5.97 Å². The molecule has 2 aromatic carbocycles. The Morgan fingerprint density at radius 2 is 1.87 bits per heavy atom. The first-order chi connectivity index (χ1) is 14.7. The molecule has 0 amide bonds. The highest BCUT2D eigenvalue weighted by Gasteiger charge is 2.01. The van der Waals surface area contributed by atoms with Crippen LogP contribution in [0.5, 0.6) is 0 Å². The number of ether oxygens (including phenoxy) is 1. The second-order valence-electron chi connectivity index (χ2n) is 7.26. The minimum absolute atomic E-state index is 0.105. The summed E-state index contributed by atoms with van der Waals surface area (Å²) in [7, 11) is 2.29. The van der Waals surface area contributed by atoms with Crippen LogP contribution in [0, 0.1) is 6.92 Å². The molecule has 1 radical (unpaired) electrons. The summed E-state index contributed by atoms with van der Waals surface area (Å²) < 4.78 is 6.90. The largest absolute Gasteiger partial charge is 0.466 e. The Bertz CT molecular complexity index is 818. The van der Waals surface area contributed by atoms with Crippen LogP contribution in [0.1, 0.15) is 37.3 Å². The van der Waals surface area contributed by atoms with Gasteiger partial charge in [0.2, 0.25) is 0 Å². The highest BCUT2D eigenvalue weighted by atomic mass is 16.5. The molecule has 3 rings (SSSR count).